The average molecular weight is 425 g/mol. The number of carbonyl (C=O) groups excluding carboxylic acids is 2. The molecule has 1 atom stereocenters. The van der Waals surface area contributed by atoms with E-state index in [4.69, 9.17) is 27.9 Å². The zero-order chi connectivity index (χ0) is 20.5. The van der Waals surface area contributed by atoms with Gasteiger partial charge in [0, 0.05) is 16.5 Å². The number of hydrogen-bond donors (Lipinski definition) is 3. The number of nitrogens with one attached hydrogen (secondary N) is 2. The number of carboxylic acid groups (broad SMARTS) is 1. The Labute approximate surface area is 171 Å². The summed E-state index contributed by atoms with van der Waals surface area (Å²) in [6.45, 7) is -0.384. The molecule has 0 saturated heterocycles. The van der Waals surface area contributed by atoms with Crippen LogP contribution in [0.15, 0.2) is 48.5 Å². The van der Waals surface area contributed by atoms with E-state index in [0.29, 0.717) is 15.6 Å². The largest absolute Gasteiger partial charge is 0.480 e. The van der Waals surface area contributed by atoms with Crippen LogP contribution in [0.5, 0.6) is 0 Å². The van der Waals surface area contributed by atoms with Gasteiger partial charge < -0.3 is 20.5 Å². The zero-order valence-electron chi connectivity index (χ0n) is 14.7. The Hall–Kier alpha value is -2.77. The van der Waals surface area contributed by atoms with Crippen LogP contribution in [0.4, 0.5) is 4.79 Å². The van der Waals surface area contributed by atoms with Crippen LogP contribution in [-0.2, 0) is 27.4 Å². The Bertz CT molecular complexity index is 825. The number of hydrogen-bond acceptors (Lipinski definition) is 4. The van der Waals surface area contributed by atoms with E-state index in [1.54, 1.807) is 42.5 Å². The summed E-state index contributed by atoms with van der Waals surface area (Å²) in [7, 11) is 0. The molecule has 0 aliphatic carbocycles. The number of carbonyl (C=O) groups is 3. The summed E-state index contributed by atoms with van der Waals surface area (Å²) >= 11 is 12.1. The van der Waals surface area contributed by atoms with Crippen LogP contribution in [0, 0.1) is 0 Å². The quantitative estimate of drug-likeness (QED) is 0.603. The van der Waals surface area contributed by atoms with Gasteiger partial charge in [0.1, 0.15) is 19.2 Å². The van der Waals surface area contributed by atoms with Crippen molar-refractivity contribution in [2.75, 3.05) is 6.54 Å². The molecule has 0 aromatic heterocycles. The van der Waals surface area contributed by atoms with Crippen molar-refractivity contribution in [1.29, 1.82) is 0 Å². The van der Waals surface area contributed by atoms with E-state index in [1.807, 2.05) is 6.07 Å². The third-order valence-electron chi connectivity index (χ3n) is 3.71. The number of aliphatic carboxylic acids is 1. The Morgan fingerprint density at radius 1 is 1.00 bits per heavy atom. The molecule has 2 amide bonds. The summed E-state index contributed by atoms with van der Waals surface area (Å²) in [6, 6.07) is 12.6. The number of amides is 2. The number of ether oxygens (including phenoxy) is 1. The molecule has 2 aromatic carbocycles. The fraction of sp³-hybridized carbons (Fsp3) is 0.211. The van der Waals surface area contributed by atoms with Crippen LogP contribution in [0.2, 0.25) is 10.0 Å². The number of benzene rings is 2. The minimum atomic E-state index is -1.26. The van der Waals surface area contributed by atoms with Crippen LogP contribution in [-0.4, -0.2) is 35.7 Å². The van der Waals surface area contributed by atoms with Gasteiger partial charge in [-0.1, -0.05) is 59.6 Å². The second-order valence-corrected chi connectivity index (χ2v) is 6.59. The maximum Gasteiger partial charge on any atom is 0.407 e. The van der Waals surface area contributed by atoms with Crippen LogP contribution in [0.3, 0.4) is 0 Å². The lowest BCUT2D eigenvalue weighted by atomic mass is 10.1. The van der Waals surface area contributed by atoms with Crippen molar-refractivity contribution < 1.29 is 24.2 Å². The highest BCUT2D eigenvalue weighted by molar-refractivity contribution is 6.36. The molecule has 3 N–H and O–H groups in total. The third-order valence-corrected chi connectivity index (χ3v) is 4.42. The lowest BCUT2D eigenvalue weighted by molar-refractivity contribution is -0.141. The Kier molecular flexibility index (Phi) is 8.10. The van der Waals surface area contributed by atoms with E-state index >= 15 is 0 Å². The van der Waals surface area contributed by atoms with Crippen molar-refractivity contribution in [3.63, 3.8) is 0 Å². The normalized spacial score (nSPS) is 11.4. The first-order valence-corrected chi connectivity index (χ1v) is 9.02. The van der Waals surface area contributed by atoms with E-state index < -0.39 is 30.6 Å². The Morgan fingerprint density at radius 3 is 2.25 bits per heavy atom. The molecule has 0 unspecified atom stereocenters. The van der Waals surface area contributed by atoms with Crippen molar-refractivity contribution in [3.05, 3.63) is 69.7 Å². The second-order valence-electron chi connectivity index (χ2n) is 5.78. The van der Waals surface area contributed by atoms with E-state index in [9.17, 15) is 19.5 Å². The third kappa shape index (κ3) is 6.75. The van der Waals surface area contributed by atoms with Gasteiger partial charge in [0.15, 0.2) is 0 Å². The van der Waals surface area contributed by atoms with Crippen molar-refractivity contribution in [2.45, 2.75) is 19.1 Å². The highest BCUT2D eigenvalue weighted by Crippen LogP contribution is 2.25. The number of halogens is 2. The number of alkyl carbamates (subject to hydrolysis) is 1. The average Bonchev–Trinajstić information content (AvgIpc) is 2.67. The molecular formula is C19H18Cl2N2O5. The SMILES string of the molecule is O=C(CNC(=O)OCc1ccccc1)N[C@@H](Cc1c(Cl)cccc1Cl)C(=O)O. The van der Waals surface area contributed by atoms with Crippen molar-refractivity contribution in [3.8, 4) is 0 Å². The van der Waals surface area contributed by atoms with E-state index in [1.165, 1.54) is 0 Å². The molecule has 148 valence electrons. The topological polar surface area (TPSA) is 105 Å². The predicted octanol–water partition coefficient (Wildman–Crippen LogP) is 3.03. The minimum Gasteiger partial charge on any atom is -0.480 e. The standard InChI is InChI=1S/C19H18Cl2N2O5/c20-14-7-4-8-15(21)13(14)9-16(18(25)26)23-17(24)10-22-19(27)28-11-12-5-2-1-3-6-12/h1-8,16H,9-11H2,(H,22,27)(H,23,24)(H,25,26)/t16-/m0/s1. The summed E-state index contributed by atoms with van der Waals surface area (Å²) in [5.41, 5.74) is 1.21. The van der Waals surface area contributed by atoms with Crippen LogP contribution < -0.4 is 10.6 Å². The van der Waals surface area contributed by atoms with Gasteiger partial charge in [0.05, 0.1) is 0 Å². The first-order valence-electron chi connectivity index (χ1n) is 8.26. The molecule has 0 aliphatic heterocycles. The Balaban J connectivity index is 1.83. The molecule has 0 fully saturated rings. The molecule has 0 saturated carbocycles. The van der Waals surface area contributed by atoms with Gasteiger partial charge in [-0.3, -0.25) is 4.79 Å². The van der Waals surface area contributed by atoms with Gasteiger partial charge in [-0.05, 0) is 23.3 Å². The summed E-state index contributed by atoms with van der Waals surface area (Å²) in [5.74, 6) is -1.94. The van der Waals surface area contributed by atoms with E-state index in [-0.39, 0.29) is 13.0 Å². The van der Waals surface area contributed by atoms with Gasteiger partial charge >= 0.3 is 12.1 Å². The molecule has 0 aliphatic rings. The number of rotatable bonds is 8. The number of carboxylic acids is 1. The highest BCUT2D eigenvalue weighted by atomic mass is 35.5. The first kappa shape index (κ1) is 21.5. The van der Waals surface area contributed by atoms with Crippen molar-refractivity contribution >= 4 is 41.2 Å². The maximum atomic E-state index is 12.0. The molecule has 0 heterocycles. The van der Waals surface area contributed by atoms with Crippen LogP contribution in [0.25, 0.3) is 0 Å². The molecule has 0 spiro atoms. The summed E-state index contributed by atoms with van der Waals surface area (Å²) in [6.07, 6.45) is -0.891. The van der Waals surface area contributed by atoms with Gasteiger partial charge in [-0.2, -0.15) is 0 Å². The molecule has 0 bridgehead atoms. The van der Waals surface area contributed by atoms with Crippen LogP contribution >= 0.6 is 23.2 Å². The molecular weight excluding hydrogens is 407 g/mol. The summed E-state index contributed by atoms with van der Waals surface area (Å²) < 4.78 is 4.98. The monoisotopic (exact) mass is 424 g/mol. The fourth-order valence-electron chi connectivity index (χ4n) is 2.30. The smallest absolute Gasteiger partial charge is 0.407 e. The summed E-state index contributed by atoms with van der Waals surface area (Å²) in [5, 5.41) is 14.5. The van der Waals surface area contributed by atoms with E-state index in [0.717, 1.165) is 5.56 Å². The van der Waals surface area contributed by atoms with Gasteiger partial charge in [-0.25, -0.2) is 9.59 Å². The van der Waals surface area contributed by atoms with Crippen molar-refractivity contribution in [1.82, 2.24) is 10.6 Å². The molecule has 2 aromatic rings. The van der Waals surface area contributed by atoms with Gasteiger partial charge in [-0.15, -0.1) is 0 Å². The minimum absolute atomic E-state index is 0.0526. The van der Waals surface area contributed by atoms with Crippen molar-refractivity contribution in [2.24, 2.45) is 0 Å². The first-order chi connectivity index (χ1) is 13.4. The lowest BCUT2D eigenvalue weighted by Crippen LogP contribution is -2.46. The highest BCUT2D eigenvalue weighted by Gasteiger charge is 2.23. The van der Waals surface area contributed by atoms with Gasteiger partial charge in [0.25, 0.3) is 0 Å². The maximum absolute atomic E-state index is 12.0. The molecule has 0 radical (unpaired) electrons. The molecule has 7 nitrogen and oxygen atoms in total. The molecule has 9 heteroatoms. The molecule has 2 rings (SSSR count). The van der Waals surface area contributed by atoms with E-state index in [2.05, 4.69) is 10.6 Å². The molecule has 28 heavy (non-hydrogen) atoms. The van der Waals surface area contributed by atoms with Gasteiger partial charge in [0.2, 0.25) is 5.91 Å². The summed E-state index contributed by atoms with van der Waals surface area (Å²) in [4.78, 5) is 35.1. The fourth-order valence-corrected chi connectivity index (χ4v) is 2.86. The predicted molar refractivity (Wildman–Crippen MR) is 104 cm³/mol. The lowest BCUT2D eigenvalue weighted by Gasteiger charge is -2.16. The second kappa shape index (κ2) is 10.5. The zero-order valence-corrected chi connectivity index (χ0v) is 16.2. The Morgan fingerprint density at radius 2 is 1.64 bits per heavy atom. The van der Waals surface area contributed by atoms with Crippen LogP contribution in [0.1, 0.15) is 11.1 Å².